The Hall–Kier alpha value is -3.42. The number of non-ortho nitro benzene ring substituents is 1. The van der Waals surface area contributed by atoms with E-state index >= 15 is 0 Å². The highest BCUT2D eigenvalue weighted by atomic mass is 16.6. The van der Waals surface area contributed by atoms with Crippen LogP contribution < -0.4 is 9.47 Å². The third-order valence-corrected chi connectivity index (χ3v) is 4.06. The summed E-state index contributed by atoms with van der Waals surface area (Å²) in [6, 6.07) is 11.6. The minimum absolute atomic E-state index is 0.0393. The fourth-order valence-electron chi connectivity index (χ4n) is 2.53. The summed E-state index contributed by atoms with van der Waals surface area (Å²) < 4.78 is 15.9. The Kier molecular flexibility index (Phi) is 4.83. The summed E-state index contributed by atoms with van der Waals surface area (Å²) in [5.41, 5.74) is 1.61. The van der Waals surface area contributed by atoms with Crippen LogP contribution in [0.5, 0.6) is 11.5 Å². The summed E-state index contributed by atoms with van der Waals surface area (Å²) in [4.78, 5) is 14.8. The van der Waals surface area contributed by atoms with Crippen LogP contribution in [0.3, 0.4) is 0 Å². The number of methoxy groups -OCH3 is 2. The molecule has 0 aliphatic heterocycles. The number of ether oxygens (including phenoxy) is 2. The summed E-state index contributed by atoms with van der Waals surface area (Å²) >= 11 is 0. The van der Waals surface area contributed by atoms with E-state index in [0.29, 0.717) is 23.2 Å². The molecular weight excluding hydrogens is 338 g/mol. The van der Waals surface area contributed by atoms with Gasteiger partial charge in [0.1, 0.15) is 0 Å². The summed E-state index contributed by atoms with van der Waals surface area (Å²) in [6.07, 6.45) is 0. The lowest BCUT2D eigenvalue weighted by Crippen LogP contribution is -1.97. The summed E-state index contributed by atoms with van der Waals surface area (Å²) in [7, 11) is 3.12. The number of nitrogens with zero attached hydrogens (tertiary/aromatic N) is 3. The second-order valence-electron chi connectivity index (χ2n) is 5.60. The van der Waals surface area contributed by atoms with E-state index in [1.807, 2.05) is 13.0 Å². The van der Waals surface area contributed by atoms with E-state index in [0.717, 1.165) is 11.1 Å². The largest absolute Gasteiger partial charge is 0.493 e. The molecule has 0 amide bonds. The Morgan fingerprint density at radius 1 is 1.08 bits per heavy atom. The first kappa shape index (κ1) is 17.4. The predicted octanol–water partition coefficient (Wildman–Crippen LogP) is 3.81. The first-order valence-electron chi connectivity index (χ1n) is 7.84. The van der Waals surface area contributed by atoms with Crippen molar-refractivity contribution in [2.45, 2.75) is 12.8 Å². The lowest BCUT2D eigenvalue weighted by atomic mass is 10.0. The van der Waals surface area contributed by atoms with Crippen LogP contribution in [0.25, 0.3) is 11.4 Å². The average Bonchev–Trinajstić information content (AvgIpc) is 3.17. The van der Waals surface area contributed by atoms with Gasteiger partial charge in [0.05, 0.1) is 25.1 Å². The van der Waals surface area contributed by atoms with Crippen LogP contribution in [-0.2, 0) is 0 Å². The zero-order valence-electron chi connectivity index (χ0n) is 14.5. The Labute approximate surface area is 149 Å². The molecule has 2 aromatic carbocycles. The van der Waals surface area contributed by atoms with Gasteiger partial charge in [0.2, 0.25) is 11.7 Å². The van der Waals surface area contributed by atoms with E-state index < -0.39 is 4.92 Å². The molecule has 0 radical (unpaired) electrons. The van der Waals surface area contributed by atoms with E-state index in [1.54, 1.807) is 38.5 Å². The summed E-state index contributed by atoms with van der Waals surface area (Å²) in [5.74, 6) is 1.83. The fourth-order valence-corrected chi connectivity index (χ4v) is 2.53. The van der Waals surface area contributed by atoms with Crippen molar-refractivity contribution >= 4 is 5.69 Å². The van der Waals surface area contributed by atoms with Gasteiger partial charge in [-0.25, -0.2) is 0 Å². The molecule has 1 aromatic heterocycles. The SMILES string of the molecule is COc1ccc(-c2noc([C@@H](C)c3ccc([N+](=O)[O-])cc3)n2)cc1OC. The highest BCUT2D eigenvalue weighted by Crippen LogP contribution is 2.32. The maximum atomic E-state index is 10.8. The number of aromatic nitrogens is 2. The number of hydrogen-bond acceptors (Lipinski definition) is 7. The molecule has 0 saturated heterocycles. The lowest BCUT2D eigenvalue weighted by molar-refractivity contribution is -0.384. The fraction of sp³-hybridized carbons (Fsp3) is 0.222. The Morgan fingerprint density at radius 3 is 2.38 bits per heavy atom. The molecule has 1 atom stereocenters. The second kappa shape index (κ2) is 7.22. The van der Waals surface area contributed by atoms with Crippen LogP contribution in [0.1, 0.15) is 24.3 Å². The van der Waals surface area contributed by atoms with Crippen molar-refractivity contribution in [2.75, 3.05) is 14.2 Å². The molecular formula is C18H17N3O5. The third kappa shape index (κ3) is 3.34. The number of benzene rings is 2. The molecule has 0 unspecified atom stereocenters. The van der Waals surface area contributed by atoms with E-state index in [9.17, 15) is 10.1 Å². The van der Waals surface area contributed by atoms with Gasteiger partial charge < -0.3 is 14.0 Å². The molecule has 0 aliphatic rings. The molecule has 0 N–H and O–H groups in total. The van der Waals surface area contributed by atoms with E-state index in [4.69, 9.17) is 14.0 Å². The monoisotopic (exact) mass is 355 g/mol. The molecule has 3 aromatic rings. The number of hydrogen-bond donors (Lipinski definition) is 0. The molecule has 0 saturated carbocycles. The molecule has 0 bridgehead atoms. The van der Waals surface area contributed by atoms with Crippen LogP contribution in [0.4, 0.5) is 5.69 Å². The van der Waals surface area contributed by atoms with Crippen LogP contribution in [0.15, 0.2) is 47.0 Å². The van der Waals surface area contributed by atoms with E-state index in [-0.39, 0.29) is 11.6 Å². The highest BCUT2D eigenvalue weighted by Gasteiger charge is 2.19. The molecule has 1 heterocycles. The number of nitro benzene ring substituents is 1. The van der Waals surface area contributed by atoms with E-state index in [2.05, 4.69) is 10.1 Å². The van der Waals surface area contributed by atoms with Crippen molar-refractivity contribution in [1.82, 2.24) is 10.1 Å². The zero-order chi connectivity index (χ0) is 18.7. The first-order chi connectivity index (χ1) is 12.5. The number of nitro groups is 1. The van der Waals surface area contributed by atoms with Gasteiger partial charge in [0.25, 0.3) is 5.69 Å². The first-order valence-corrected chi connectivity index (χ1v) is 7.84. The molecule has 0 spiro atoms. The molecule has 134 valence electrons. The smallest absolute Gasteiger partial charge is 0.269 e. The Balaban J connectivity index is 1.86. The van der Waals surface area contributed by atoms with Gasteiger partial charge in [-0.3, -0.25) is 10.1 Å². The maximum absolute atomic E-state index is 10.8. The highest BCUT2D eigenvalue weighted by molar-refractivity contribution is 5.60. The topological polar surface area (TPSA) is 101 Å². The minimum Gasteiger partial charge on any atom is -0.493 e. The van der Waals surface area contributed by atoms with Gasteiger partial charge in [-0.05, 0) is 30.7 Å². The van der Waals surface area contributed by atoms with Gasteiger partial charge in [0, 0.05) is 17.7 Å². The van der Waals surface area contributed by atoms with Gasteiger partial charge >= 0.3 is 0 Å². The standard InChI is InChI=1S/C18H17N3O5/c1-11(12-4-7-14(8-5-12)21(22)23)18-19-17(20-26-18)13-6-9-15(24-2)16(10-13)25-3/h4-11H,1-3H3/t11-/m0/s1. The van der Waals surface area contributed by atoms with Crippen molar-refractivity contribution in [2.24, 2.45) is 0 Å². The second-order valence-corrected chi connectivity index (χ2v) is 5.60. The predicted molar refractivity (Wildman–Crippen MR) is 93.5 cm³/mol. The minimum atomic E-state index is -0.434. The van der Waals surface area contributed by atoms with Crippen molar-refractivity contribution < 1.29 is 18.9 Å². The normalized spacial score (nSPS) is 11.8. The zero-order valence-corrected chi connectivity index (χ0v) is 14.5. The Morgan fingerprint density at radius 2 is 1.77 bits per heavy atom. The Bertz CT molecular complexity index is 921. The van der Waals surface area contributed by atoms with Crippen molar-refractivity contribution in [3.63, 3.8) is 0 Å². The van der Waals surface area contributed by atoms with Crippen molar-refractivity contribution in [1.29, 1.82) is 0 Å². The van der Waals surface area contributed by atoms with Gasteiger partial charge in [-0.2, -0.15) is 4.98 Å². The van der Waals surface area contributed by atoms with Gasteiger partial charge in [-0.15, -0.1) is 0 Å². The molecule has 8 heteroatoms. The van der Waals surface area contributed by atoms with Crippen molar-refractivity contribution in [3.05, 3.63) is 64.0 Å². The van der Waals surface area contributed by atoms with Crippen LogP contribution in [-0.4, -0.2) is 29.3 Å². The average molecular weight is 355 g/mol. The van der Waals surface area contributed by atoms with Gasteiger partial charge in [0.15, 0.2) is 11.5 Å². The molecule has 3 rings (SSSR count). The summed E-state index contributed by atoms with van der Waals surface area (Å²) in [5, 5.41) is 14.8. The lowest BCUT2D eigenvalue weighted by Gasteiger charge is -2.07. The number of rotatable bonds is 6. The molecule has 26 heavy (non-hydrogen) atoms. The third-order valence-electron chi connectivity index (χ3n) is 4.06. The summed E-state index contributed by atoms with van der Waals surface area (Å²) in [6.45, 7) is 1.90. The molecule has 8 nitrogen and oxygen atoms in total. The van der Waals surface area contributed by atoms with E-state index in [1.165, 1.54) is 12.1 Å². The van der Waals surface area contributed by atoms with Crippen molar-refractivity contribution in [3.8, 4) is 22.9 Å². The van der Waals surface area contributed by atoms with Gasteiger partial charge in [-0.1, -0.05) is 17.3 Å². The quantitative estimate of drug-likeness (QED) is 0.489. The molecule has 0 aliphatic carbocycles. The van der Waals surface area contributed by atoms with Crippen LogP contribution in [0.2, 0.25) is 0 Å². The maximum Gasteiger partial charge on any atom is 0.269 e. The molecule has 0 fully saturated rings. The van der Waals surface area contributed by atoms with Crippen LogP contribution >= 0.6 is 0 Å². The van der Waals surface area contributed by atoms with Crippen LogP contribution in [0, 0.1) is 10.1 Å².